The average Bonchev–Trinajstić information content (AvgIpc) is 2.68. The zero-order chi connectivity index (χ0) is 10.7. The Kier molecular flexibility index (Phi) is 4.53. The smallest absolute Gasteiger partial charge is 0.188 e. The largest absolute Gasteiger partial charge is 0.370 e. The molecule has 0 aliphatic heterocycles. The summed E-state index contributed by atoms with van der Waals surface area (Å²) in [5.41, 5.74) is 7.39. The van der Waals surface area contributed by atoms with Crippen molar-refractivity contribution < 1.29 is 0 Å². The average molecular weight is 331 g/mol. The molecule has 0 atom stereocenters. The molecule has 0 aliphatic carbocycles. The molecule has 0 fully saturated rings. The van der Waals surface area contributed by atoms with Crippen molar-refractivity contribution in [2.24, 2.45) is 10.7 Å². The number of pyridine rings is 1. The second-order valence-corrected chi connectivity index (χ2v) is 3.16. The summed E-state index contributed by atoms with van der Waals surface area (Å²) in [5, 5.41) is 2.96. The SMILES string of the molecule is CN=C(N)NCc1cn2ccccc2n1.I. The number of aliphatic imine (C=N–C) groups is 1. The number of halogens is 1. The number of guanidine groups is 1. The fourth-order valence-electron chi connectivity index (χ4n) is 1.33. The molecule has 0 aliphatic rings. The summed E-state index contributed by atoms with van der Waals surface area (Å²) in [6, 6.07) is 5.88. The van der Waals surface area contributed by atoms with Gasteiger partial charge in [0.25, 0.3) is 0 Å². The van der Waals surface area contributed by atoms with Gasteiger partial charge in [-0.15, -0.1) is 24.0 Å². The van der Waals surface area contributed by atoms with E-state index in [1.165, 1.54) is 0 Å². The second kappa shape index (κ2) is 5.69. The number of rotatable bonds is 2. The lowest BCUT2D eigenvalue weighted by molar-refractivity contribution is 0.873. The van der Waals surface area contributed by atoms with Gasteiger partial charge in [-0.2, -0.15) is 0 Å². The van der Waals surface area contributed by atoms with Gasteiger partial charge < -0.3 is 15.5 Å². The van der Waals surface area contributed by atoms with Crippen LogP contribution in [0.4, 0.5) is 0 Å². The first kappa shape index (κ1) is 12.8. The Morgan fingerprint density at radius 1 is 1.56 bits per heavy atom. The Bertz CT molecular complexity index is 458. The van der Waals surface area contributed by atoms with Crippen LogP contribution in [0.1, 0.15) is 5.69 Å². The van der Waals surface area contributed by atoms with Crippen LogP contribution >= 0.6 is 24.0 Å². The number of hydrogen-bond acceptors (Lipinski definition) is 2. The van der Waals surface area contributed by atoms with Crippen molar-refractivity contribution in [3.8, 4) is 0 Å². The van der Waals surface area contributed by atoms with Crippen LogP contribution in [0, 0.1) is 0 Å². The summed E-state index contributed by atoms with van der Waals surface area (Å²) >= 11 is 0. The minimum absolute atomic E-state index is 0. The minimum atomic E-state index is 0. The Hall–Kier alpha value is -1.31. The van der Waals surface area contributed by atoms with Crippen LogP contribution in [-0.4, -0.2) is 22.4 Å². The third kappa shape index (κ3) is 2.84. The Labute approximate surface area is 111 Å². The topological polar surface area (TPSA) is 67.7 Å². The predicted molar refractivity (Wildman–Crippen MR) is 75.0 cm³/mol. The zero-order valence-electron chi connectivity index (χ0n) is 8.92. The summed E-state index contributed by atoms with van der Waals surface area (Å²) < 4.78 is 1.97. The van der Waals surface area contributed by atoms with Crippen molar-refractivity contribution in [1.29, 1.82) is 0 Å². The molecule has 0 radical (unpaired) electrons. The maximum Gasteiger partial charge on any atom is 0.188 e. The molecule has 3 N–H and O–H groups in total. The molecule has 5 nitrogen and oxygen atoms in total. The van der Waals surface area contributed by atoms with Crippen LogP contribution < -0.4 is 11.1 Å². The van der Waals surface area contributed by atoms with E-state index >= 15 is 0 Å². The van der Waals surface area contributed by atoms with Gasteiger partial charge in [0.1, 0.15) is 5.65 Å². The molecule has 2 aromatic heterocycles. The number of imidazole rings is 1. The van der Waals surface area contributed by atoms with E-state index in [0.717, 1.165) is 11.3 Å². The van der Waals surface area contributed by atoms with Crippen molar-refractivity contribution in [3.63, 3.8) is 0 Å². The van der Waals surface area contributed by atoms with Gasteiger partial charge in [-0.1, -0.05) is 6.07 Å². The first-order chi connectivity index (χ1) is 7.29. The van der Waals surface area contributed by atoms with Crippen LogP contribution in [0.25, 0.3) is 5.65 Å². The van der Waals surface area contributed by atoms with Crippen molar-refractivity contribution in [3.05, 3.63) is 36.3 Å². The van der Waals surface area contributed by atoms with Gasteiger partial charge in [0.15, 0.2) is 5.96 Å². The van der Waals surface area contributed by atoms with Crippen molar-refractivity contribution in [2.45, 2.75) is 6.54 Å². The van der Waals surface area contributed by atoms with E-state index < -0.39 is 0 Å². The van der Waals surface area contributed by atoms with E-state index in [-0.39, 0.29) is 24.0 Å². The molecule has 0 spiro atoms. The van der Waals surface area contributed by atoms with E-state index in [0.29, 0.717) is 12.5 Å². The summed E-state index contributed by atoms with van der Waals surface area (Å²) in [7, 11) is 1.64. The third-order valence-electron chi connectivity index (χ3n) is 2.11. The van der Waals surface area contributed by atoms with Crippen LogP contribution in [0.3, 0.4) is 0 Å². The van der Waals surface area contributed by atoms with Crippen molar-refractivity contribution in [2.75, 3.05) is 7.05 Å². The summed E-state index contributed by atoms with van der Waals surface area (Å²) in [5.74, 6) is 0.423. The maximum absolute atomic E-state index is 5.52. The fraction of sp³-hybridized carbons (Fsp3) is 0.200. The molecule has 2 aromatic rings. The van der Waals surface area contributed by atoms with Gasteiger partial charge in [-0.05, 0) is 12.1 Å². The van der Waals surface area contributed by atoms with Crippen molar-refractivity contribution >= 4 is 35.6 Å². The highest BCUT2D eigenvalue weighted by atomic mass is 127. The normalized spacial score (nSPS) is 11.2. The van der Waals surface area contributed by atoms with Gasteiger partial charge in [0, 0.05) is 19.4 Å². The number of nitrogens with two attached hydrogens (primary N) is 1. The molecule has 2 rings (SSSR count). The van der Waals surface area contributed by atoms with Gasteiger partial charge in [-0.3, -0.25) is 4.99 Å². The third-order valence-corrected chi connectivity index (χ3v) is 2.11. The number of nitrogens with one attached hydrogen (secondary N) is 1. The second-order valence-electron chi connectivity index (χ2n) is 3.16. The van der Waals surface area contributed by atoms with E-state index in [9.17, 15) is 0 Å². The van der Waals surface area contributed by atoms with Crippen LogP contribution in [0.15, 0.2) is 35.6 Å². The standard InChI is InChI=1S/C10H13N5.HI/c1-12-10(11)13-6-8-7-15-5-3-2-4-9(15)14-8;/h2-5,7H,6H2,1H3,(H3,11,12,13);1H. The minimum Gasteiger partial charge on any atom is -0.370 e. The Balaban J connectivity index is 0.00000128. The van der Waals surface area contributed by atoms with Gasteiger partial charge in [0.2, 0.25) is 0 Å². The van der Waals surface area contributed by atoms with E-state index in [2.05, 4.69) is 15.3 Å². The van der Waals surface area contributed by atoms with Crippen LogP contribution in [-0.2, 0) is 6.54 Å². The summed E-state index contributed by atoms with van der Waals surface area (Å²) in [6.07, 6.45) is 3.92. The molecule has 0 aromatic carbocycles. The molecule has 6 heteroatoms. The molecule has 0 unspecified atom stereocenters. The molecular weight excluding hydrogens is 317 g/mol. The lowest BCUT2D eigenvalue weighted by Gasteiger charge is -2.00. The summed E-state index contributed by atoms with van der Waals surface area (Å²) in [4.78, 5) is 8.22. The molecular formula is C10H14IN5. The predicted octanol–water partition coefficient (Wildman–Crippen LogP) is 0.986. The lowest BCUT2D eigenvalue weighted by atomic mass is 10.5. The fourth-order valence-corrected chi connectivity index (χ4v) is 1.33. The molecule has 16 heavy (non-hydrogen) atoms. The Morgan fingerprint density at radius 3 is 3.06 bits per heavy atom. The van der Waals surface area contributed by atoms with Gasteiger partial charge >= 0.3 is 0 Å². The number of nitrogens with zero attached hydrogens (tertiary/aromatic N) is 3. The van der Waals surface area contributed by atoms with Gasteiger partial charge in [-0.25, -0.2) is 4.98 Å². The highest BCUT2D eigenvalue weighted by Gasteiger charge is 2.00. The van der Waals surface area contributed by atoms with Crippen LogP contribution in [0.5, 0.6) is 0 Å². The first-order valence-corrected chi connectivity index (χ1v) is 4.68. The molecule has 0 saturated carbocycles. The molecule has 0 saturated heterocycles. The summed E-state index contributed by atoms with van der Waals surface area (Å²) in [6.45, 7) is 0.588. The molecule has 2 heterocycles. The Morgan fingerprint density at radius 2 is 2.38 bits per heavy atom. The number of hydrogen-bond donors (Lipinski definition) is 2. The molecule has 86 valence electrons. The number of fused-ring (bicyclic) bond motifs is 1. The quantitative estimate of drug-likeness (QED) is 0.490. The highest BCUT2D eigenvalue weighted by molar-refractivity contribution is 14.0. The first-order valence-electron chi connectivity index (χ1n) is 4.68. The van der Waals surface area contributed by atoms with E-state index in [1.54, 1.807) is 7.05 Å². The maximum atomic E-state index is 5.52. The molecule has 0 amide bonds. The zero-order valence-corrected chi connectivity index (χ0v) is 11.3. The van der Waals surface area contributed by atoms with E-state index in [4.69, 9.17) is 5.73 Å². The monoisotopic (exact) mass is 331 g/mol. The van der Waals surface area contributed by atoms with Crippen LogP contribution in [0.2, 0.25) is 0 Å². The molecule has 0 bridgehead atoms. The van der Waals surface area contributed by atoms with Crippen molar-refractivity contribution in [1.82, 2.24) is 14.7 Å². The van der Waals surface area contributed by atoms with E-state index in [1.807, 2.05) is 35.0 Å². The lowest BCUT2D eigenvalue weighted by Crippen LogP contribution is -2.30. The number of aromatic nitrogens is 2. The van der Waals surface area contributed by atoms with Gasteiger partial charge in [0.05, 0.1) is 12.2 Å². The highest BCUT2D eigenvalue weighted by Crippen LogP contribution is 2.03.